The van der Waals surface area contributed by atoms with E-state index in [1.165, 1.54) is 23.5 Å². The van der Waals surface area contributed by atoms with Crippen molar-refractivity contribution in [2.24, 2.45) is 5.92 Å². The van der Waals surface area contributed by atoms with Gasteiger partial charge in [-0.3, -0.25) is 4.79 Å². The normalized spacial score (nSPS) is 13.2. The molecule has 142 valence electrons. The number of nitrogens with one attached hydrogen (secondary N) is 1. The largest absolute Gasteiger partial charge is 0.383 e. The third-order valence-corrected chi connectivity index (χ3v) is 5.77. The lowest BCUT2D eigenvalue weighted by molar-refractivity contribution is -0.122. The van der Waals surface area contributed by atoms with Crippen molar-refractivity contribution in [3.63, 3.8) is 0 Å². The van der Waals surface area contributed by atoms with Crippen LogP contribution in [0.3, 0.4) is 0 Å². The molecule has 0 aliphatic carbocycles. The number of sulfonamides is 1. The molecule has 0 heterocycles. The summed E-state index contributed by atoms with van der Waals surface area (Å²) in [5, 5.41) is 2.89. The Morgan fingerprint density at radius 2 is 1.88 bits per heavy atom. The first-order chi connectivity index (χ1) is 11.7. The van der Waals surface area contributed by atoms with Gasteiger partial charge in [0.15, 0.2) is 0 Å². The zero-order valence-electron chi connectivity index (χ0n) is 15.2. The number of rotatable bonds is 10. The van der Waals surface area contributed by atoms with Gasteiger partial charge in [0.25, 0.3) is 0 Å². The van der Waals surface area contributed by atoms with Gasteiger partial charge in [-0.05, 0) is 36.6 Å². The lowest BCUT2D eigenvalue weighted by Gasteiger charge is -2.22. The van der Waals surface area contributed by atoms with Gasteiger partial charge in [-0.1, -0.05) is 13.8 Å². The summed E-state index contributed by atoms with van der Waals surface area (Å²) in [6.07, 6.45) is 0.608. The average Bonchev–Trinajstić information content (AvgIpc) is 2.54. The highest BCUT2D eigenvalue weighted by Crippen LogP contribution is 2.15. The predicted octanol–water partition coefficient (Wildman–Crippen LogP) is 2.01. The number of amides is 1. The Balaban J connectivity index is 2.51. The van der Waals surface area contributed by atoms with Crippen LogP contribution in [0.1, 0.15) is 26.7 Å². The van der Waals surface area contributed by atoms with E-state index in [0.717, 1.165) is 12.1 Å². The van der Waals surface area contributed by atoms with Crippen molar-refractivity contribution in [3.8, 4) is 0 Å². The Labute approximate surface area is 149 Å². The molecule has 0 spiro atoms. The highest BCUT2D eigenvalue weighted by atomic mass is 32.2. The predicted molar refractivity (Wildman–Crippen MR) is 94.1 cm³/mol. The van der Waals surface area contributed by atoms with Crippen LogP contribution in [0.5, 0.6) is 0 Å². The topological polar surface area (TPSA) is 75.7 Å². The maximum atomic E-state index is 12.9. The molecule has 1 rings (SSSR count). The molecule has 1 N–H and O–H groups in total. The van der Waals surface area contributed by atoms with Gasteiger partial charge in [-0.2, -0.15) is 0 Å². The monoisotopic (exact) mass is 374 g/mol. The molecule has 25 heavy (non-hydrogen) atoms. The number of ether oxygens (including phenoxy) is 1. The first kappa shape index (κ1) is 21.5. The van der Waals surface area contributed by atoms with E-state index < -0.39 is 15.8 Å². The summed E-state index contributed by atoms with van der Waals surface area (Å²) >= 11 is 0. The van der Waals surface area contributed by atoms with Crippen LogP contribution in [0.4, 0.5) is 4.39 Å². The van der Waals surface area contributed by atoms with E-state index in [9.17, 15) is 17.6 Å². The number of methoxy groups -OCH3 is 1. The number of benzene rings is 1. The molecular weight excluding hydrogens is 347 g/mol. The van der Waals surface area contributed by atoms with Crippen molar-refractivity contribution in [2.45, 2.75) is 37.6 Å². The van der Waals surface area contributed by atoms with Crippen molar-refractivity contribution in [2.75, 3.05) is 27.3 Å². The van der Waals surface area contributed by atoms with Crippen LogP contribution < -0.4 is 5.32 Å². The van der Waals surface area contributed by atoms with Crippen LogP contribution in [-0.2, 0) is 19.6 Å². The summed E-state index contributed by atoms with van der Waals surface area (Å²) in [6, 6.07) is 4.60. The fourth-order valence-electron chi connectivity index (χ4n) is 2.23. The summed E-state index contributed by atoms with van der Waals surface area (Å²) in [5.41, 5.74) is 0. The van der Waals surface area contributed by atoms with Gasteiger partial charge < -0.3 is 10.1 Å². The fraction of sp³-hybridized carbons (Fsp3) is 0.588. The molecule has 0 saturated heterocycles. The van der Waals surface area contributed by atoms with Gasteiger partial charge in [-0.25, -0.2) is 17.1 Å². The van der Waals surface area contributed by atoms with Crippen molar-refractivity contribution in [3.05, 3.63) is 30.1 Å². The molecule has 0 aromatic heterocycles. The molecule has 1 aromatic rings. The molecule has 1 atom stereocenters. The molecule has 0 radical (unpaired) electrons. The zero-order chi connectivity index (χ0) is 19.0. The van der Waals surface area contributed by atoms with E-state index in [-0.39, 0.29) is 35.7 Å². The molecule has 6 nitrogen and oxygen atoms in total. The third-order valence-electron chi connectivity index (χ3n) is 3.90. The van der Waals surface area contributed by atoms with E-state index in [2.05, 4.69) is 5.32 Å². The molecular formula is C17H27FN2O4S. The number of carbonyl (C=O) groups is 1. The maximum absolute atomic E-state index is 12.9. The first-order valence-corrected chi connectivity index (χ1v) is 9.62. The number of halogens is 1. The molecule has 0 fully saturated rings. The van der Waals surface area contributed by atoms with Crippen LogP contribution in [0.15, 0.2) is 29.2 Å². The van der Waals surface area contributed by atoms with Crippen LogP contribution in [0.2, 0.25) is 0 Å². The highest BCUT2D eigenvalue weighted by molar-refractivity contribution is 7.89. The fourth-order valence-corrected chi connectivity index (χ4v) is 3.44. The van der Waals surface area contributed by atoms with Gasteiger partial charge in [0.2, 0.25) is 15.9 Å². The average molecular weight is 374 g/mol. The first-order valence-electron chi connectivity index (χ1n) is 8.18. The molecule has 8 heteroatoms. The second-order valence-electron chi connectivity index (χ2n) is 6.26. The SMILES string of the molecule is COC[C@H](NC(=O)CCCN(C)S(=O)(=O)c1ccc(F)cc1)C(C)C. The van der Waals surface area contributed by atoms with Crippen LogP contribution in [0, 0.1) is 11.7 Å². The maximum Gasteiger partial charge on any atom is 0.242 e. The van der Waals surface area contributed by atoms with E-state index >= 15 is 0 Å². The Hall–Kier alpha value is -1.51. The molecule has 0 bridgehead atoms. The standard InChI is InChI=1S/C17H27FN2O4S/c1-13(2)16(12-24-4)19-17(21)6-5-11-20(3)25(22,23)15-9-7-14(18)8-10-15/h7-10,13,16H,5-6,11-12H2,1-4H3,(H,19,21)/t16-/m0/s1. The van der Waals surface area contributed by atoms with Gasteiger partial charge >= 0.3 is 0 Å². The van der Waals surface area contributed by atoms with Gasteiger partial charge in [-0.15, -0.1) is 0 Å². The van der Waals surface area contributed by atoms with E-state index in [0.29, 0.717) is 13.0 Å². The van der Waals surface area contributed by atoms with Crippen molar-refractivity contribution < 1.29 is 22.3 Å². The summed E-state index contributed by atoms with van der Waals surface area (Å²) < 4.78 is 43.9. The number of nitrogens with zero attached hydrogens (tertiary/aromatic N) is 1. The number of hydrogen-bond donors (Lipinski definition) is 1. The van der Waals surface area contributed by atoms with Crippen LogP contribution in [0.25, 0.3) is 0 Å². The lowest BCUT2D eigenvalue weighted by Crippen LogP contribution is -2.41. The van der Waals surface area contributed by atoms with Gasteiger partial charge in [0.05, 0.1) is 17.5 Å². The van der Waals surface area contributed by atoms with Crippen LogP contribution in [-0.4, -0.2) is 52.0 Å². The van der Waals surface area contributed by atoms with Gasteiger partial charge in [0.1, 0.15) is 5.82 Å². The van der Waals surface area contributed by atoms with Gasteiger partial charge in [0, 0.05) is 27.1 Å². The van der Waals surface area contributed by atoms with Crippen molar-refractivity contribution in [1.82, 2.24) is 9.62 Å². The molecule has 1 amide bonds. The smallest absolute Gasteiger partial charge is 0.242 e. The van der Waals surface area contributed by atoms with Crippen LogP contribution >= 0.6 is 0 Å². The Morgan fingerprint density at radius 3 is 2.40 bits per heavy atom. The zero-order valence-corrected chi connectivity index (χ0v) is 16.0. The van der Waals surface area contributed by atoms with Crippen molar-refractivity contribution in [1.29, 1.82) is 0 Å². The summed E-state index contributed by atoms with van der Waals surface area (Å²) in [4.78, 5) is 12.0. The second-order valence-corrected chi connectivity index (χ2v) is 8.30. The minimum atomic E-state index is -3.68. The second kappa shape index (κ2) is 9.84. The minimum Gasteiger partial charge on any atom is -0.383 e. The highest BCUT2D eigenvalue weighted by Gasteiger charge is 2.21. The molecule has 0 aliphatic heterocycles. The molecule has 0 unspecified atom stereocenters. The molecule has 0 saturated carbocycles. The Bertz CT molecular complexity index is 647. The molecule has 1 aromatic carbocycles. The molecule has 0 aliphatic rings. The number of hydrogen-bond acceptors (Lipinski definition) is 4. The summed E-state index contributed by atoms with van der Waals surface area (Å²) in [7, 11) is -0.661. The van der Waals surface area contributed by atoms with E-state index in [4.69, 9.17) is 4.74 Å². The Kier molecular flexibility index (Phi) is 8.47. The van der Waals surface area contributed by atoms with Crippen molar-refractivity contribution >= 4 is 15.9 Å². The summed E-state index contributed by atoms with van der Waals surface area (Å²) in [6.45, 7) is 4.62. The lowest BCUT2D eigenvalue weighted by atomic mass is 10.1. The summed E-state index contributed by atoms with van der Waals surface area (Å²) in [5.74, 6) is -0.386. The quantitative estimate of drug-likeness (QED) is 0.680. The van der Waals surface area contributed by atoms with E-state index in [1.807, 2.05) is 13.8 Å². The number of carbonyl (C=O) groups excluding carboxylic acids is 1. The van der Waals surface area contributed by atoms with E-state index in [1.54, 1.807) is 7.11 Å². The minimum absolute atomic E-state index is 0.0285. The third kappa shape index (κ3) is 6.72. The Morgan fingerprint density at radius 1 is 1.28 bits per heavy atom.